The van der Waals surface area contributed by atoms with Gasteiger partial charge in [0.25, 0.3) is 0 Å². The summed E-state index contributed by atoms with van der Waals surface area (Å²) in [5.74, 6) is 0. The Bertz CT molecular complexity index is 488. The van der Waals surface area contributed by atoms with Gasteiger partial charge in [0.15, 0.2) is 0 Å². The Hall–Kier alpha value is -1.15. The van der Waals surface area contributed by atoms with Crippen molar-refractivity contribution in [3.63, 3.8) is 0 Å². The monoisotopic (exact) mass is 338 g/mol. The van der Waals surface area contributed by atoms with Crippen LogP contribution in [-0.4, -0.2) is 86.3 Å². The first-order valence-corrected chi connectivity index (χ1v) is 9.16. The molecule has 2 saturated heterocycles. The summed E-state index contributed by atoms with van der Waals surface area (Å²) in [5, 5.41) is 5.14. The zero-order chi connectivity index (χ0) is 16.1. The van der Waals surface area contributed by atoms with E-state index in [0.29, 0.717) is 6.54 Å². The number of hydrogen-bond donors (Lipinski definition) is 1. The van der Waals surface area contributed by atoms with Gasteiger partial charge in [-0.15, -0.1) is 11.3 Å². The normalized spacial score (nSPS) is 23.9. The summed E-state index contributed by atoms with van der Waals surface area (Å²) >= 11 is 1.80. The van der Waals surface area contributed by atoms with E-state index in [0.717, 1.165) is 52.4 Å². The first-order valence-electron chi connectivity index (χ1n) is 8.28. The predicted molar refractivity (Wildman–Crippen MR) is 91.8 cm³/mol. The molecule has 1 atom stereocenters. The first-order chi connectivity index (χ1) is 11.2. The molecular weight excluding hydrogens is 312 g/mol. The minimum atomic E-state index is 0.0394. The highest BCUT2D eigenvalue weighted by atomic mass is 32.1. The first kappa shape index (κ1) is 16.7. The second-order valence-electron chi connectivity index (χ2n) is 6.28. The van der Waals surface area contributed by atoms with Crippen molar-refractivity contribution < 1.29 is 9.53 Å². The zero-order valence-corrected chi connectivity index (χ0v) is 14.6. The number of nitrogens with zero attached hydrogens (tertiary/aromatic N) is 3. The molecule has 0 aromatic carbocycles. The van der Waals surface area contributed by atoms with Crippen molar-refractivity contribution in [2.24, 2.45) is 0 Å². The Morgan fingerprint density at radius 2 is 2.17 bits per heavy atom. The lowest BCUT2D eigenvalue weighted by Gasteiger charge is -2.35. The third-order valence-electron chi connectivity index (χ3n) is 4.44. The van der Waals surface area contributed by atoms with Crippen LogP contribution in [0.15, 0.2) is 17.5 Å². The van der Waals surface area contributed by atoms with Crippen LogP contribution in [0.1, 0.15) is 4.88 Å². The molecule has 128 valence electrons. The summed E-state index contributed by atoms with van der Waals surface area (Å²) in [5.41, 5.74) is 0. The van der Waals surface area contributed by atoms with Crippen molar-refractivity contribution in [3.05, 3.63) is 22.4 Å². The maximum absolute atomic E-state index is 12.3. The van der Waals surface area contributed by atoms with E-state index in [9.17, 15) is 4.79 Å². The van der Waals surface area contributed by atoms with Gasteiger partial charge in [0.2, 0.25) is 0 Å². The number of nitrogens with one attached hydrogen (secondary N) is 1. The van der Waals surface area contributed by atoms with E-state index in [1.807, 2.05) is 4.90 Å². The summed E-state index contributed by atoms with van der Waals surface area (Å²) in [6.07, 6.45) is 0.109. The Morgan fingerprint density at radius 1 is 1.35 bits per heavy atom. The molecule has 3 heterocycles. The molecule has 0 aliphatic carbocycles. The van der Waals surface area contributed by atoms with Crippen molar-refractivity contribution in [3.8, 4) is 0 Å². The molecule has 0 saturated carbocycles. The van der Waals surface area contributed by atoms with Gasteiger partial charge in [-0.3, -0.25) is 4.90 Å². The van der Waals surface area contributed by atoms with E-state index in [2.05, 4.69) is 39.7 Å². The van der Waals surface area contributed by atoms with Crippen LogP contribution in [0.2, 0.25) is 0 Å². The number of piperazine rings is 1. The molecular formula is C16H26N4O2S. The number of carbonyl (C=O) groups excluding carboxylic acids is 1. The molecule has 6 nitrogen and oxygen atoms in total. The number of likely N-dealkylation sites (N-methyl/N-ethyl adjacent to an activating group) is 1. The summed E-state index contributed by atoms with van der Waals surface area (Å²) in [4.78, 5) is 20.2. The lowest BCUT2D eigenvalue weighted by molar-refractivity contribution is -0.0174. The molecule has 0 bridgehead atoms. The van der Waals surface area contributed by atoms with E-state index in [1.54, 1.807) is 11.3 Å². The third kappa shape index (κ3) is 4.91. The van der Waals surface area contributed by atoms with Gasteiger partial charge in [0.05, 0.1) is 12.7 Å². The molecule has 2 aliphatic heterocycles. The summed E-state index contributed by atoms with van der Waals surface area (Å²) in [6, 6.07) is 4.30. The highest BCUT2D eigenvalue weighted by Crippen LogP contribution is 2.13. The van der Waals surface area contributed by atoms with Crippen LogP contribution >= 0.6 is 11.3 Å². The van der Waals surface area contributed by atoms with Crippen molar-refractivity contribution in [1.82, 2.24) is 20.0 Å². The van der Waals surface area contributed by atoms with E-state index in [4.69, 9.17) is 4.74 Å². The minimum Gasteiger partial charge on any atom is -0.374 e. The molecule has 2 amide bonds. The smallest absolute Gasteiger partial charge is 0.317 e. The van der Waals surface area contributed by atoms with Crippen LogP contribution in [0.4, 0.5) is 4.79 Å². The maximum atomic E-state index is 12.3. The van der Waals surface area contributed by atoms with Crippen molar-refractivity contribution in [1.29, 1.82) is 0 Å². The molecule has 1 N–H and O–H groups in total. The average Bonchev–Trinajstić information content (AvgIpc) is 3.06. The van der Waals surface area contributed by atoms with Gasteiger partial charge in [-0.2, -0.15) is 0 Å². The number of amides is 2. The lowest BCUT2D eigenvalue weighted by Crippen LogP contribution is -2.53. The Kier molecular flexibility index (Phi) is 5.88. The van der Waals surface area contributed by atoms with Crippen molar-refractivity contribution in [2.45, 2.75) is 12.6 Å². The molecule has 0 spiro atoms. The fourth-order valence-electron chi connectivity index (χ4n) is 3.04. The zero-order valence-electron chi connectivity index (χ0n) is 13.7. The van der Waals surface area contributed by atoms with Crippen LogP contribution in [0.3, 0.4) is 0 Å². The molecule has 2 fully saturated rings. The average molecular weight is 338 g/mol. The summed E-state index contributed by atoms with van der Waals surface area (Å²) in [6.45, 7) is 7.66. The predicted octanol–water partition coefficient (Wildman–Crippen LogP) is 0.906. The van der Waals surface area contributed by atoms with E-state index in [-0.39, 0.29) is 12.1 Å². The minimum absolute atomic E-state index is 0.0394. The summed E-state index contributed by atoms with van der Waals surface area (Å²) in [7, 11) is 2.09. The number of rotatable bonds is 4. The highest BCUT2D eigenvalue weighted by Gasteiger charge is 2.23. The second kappa shape index (κ2) is 8.10. The van der Waals surface area contributed by atoms with Crippen molar-refractivity contribution in [2.75, 3.05) is 59.5 Å². The molecule has 0 unspecified atom stereocenters. The lowest BCUT2D eigenvalue weighted by atomic mass is 10.3. The van der Waals surface area contributed by atoms with Crippen LogP contribution in [0.25, 0.3) is 0 Å². The number of thiophene rings is 1. The number of ether oxygens (including phenoxy) is 1. The van der Waals surface area contributed by atoms with Crippen LogP contribution < -0.4 is 5.32 Å². The van der Waals surface area contributed by atoms with Gasteiger partial charge in [0.1, 0.15) is 0 Å². The largest absolute Gasteiger partial charge is 0.374 e. The molecule has 2 aliphatic rings. The second-order valence-corrected chi connectivity index (χ2v) is 7.32. The third-order valence-corrected chi connectivity index (χ3v) is 5.30. The fourth-order valence-corrected chi connectivity index (χ4v) is 3.78. The number of hydrogen-bond acceptors (Lipinski definition) is 5. The van der Waals surface area contributed by atoms with E-state index in [1.165, 1.54) is 4.88 Å². The van der Waals surface area contributed by atoms with Crippen molar-refractivity contribution >= 4 is 17.4 Å². The molecule has 23 heavy (non-hydrogen) atoms. The van der Waals surface area contributed by atoms with E-state index >= 15 is 0 Å². The Labute approximate surface area is 142 Å². The number of carbonyl (C=O) groups is 1. The molecule has 0 radical (unpaired) electrons. The standard InChI is InChI=1S/C16H26N4O2S/c1-18-8-9-22-14(12-18)11-17-16(21)20-6-4-19(5-7-20)13-15-3-2-10-23-15/h2-3,10,14H,4-9,11-13H2,1H3,(H,17,21)/t14-/m1/s1. The molecule has 1 aromatic rings. The van der Waals surface area contributed by atoms with Gasteiger partial charge >= 0.3 is 6.03 Å². The van der Waals surface area contributed by atoms with Gasteiger partial charge in [-0.25, -0.2) is 4.79 Å². The van der Waals surface area contributed by atoms with Gasteiger partial charge in [-0.05, 0) is 18.5 Å². The van der Waals surface area contributed by atoms with Gasteiger partial charge in [0, 0.05) is 57.2 Å². The quantitative estimate of drug-likeness (QED) is 0.886. The Morgan fingerprint density at radius 3 is 2.87 bits per heavy atom. The van der Waals surface area contributed by atoms with Gasteiger partial charge < -0.3 is 19.9 Å². The maximum Gasteiger partial charge on any atom is 0.317 e. The molecule has 1 aromatic heterocycles. The number of urea groups is 1. The van der Waals surface area contributed by atoms with E-state index < -0.39 is 0 Å². The Balaban J connectivity index is 1.36. The van der Waals surface area contributed by atoms with Crippen LogP contribution in [0, 0.1) is 0 Å². The molecule has 3 rings (SSSR count). The number of morpholine rings is 1. The van der Waals surface area contributed by atoms with Gasteiger partial charge in [-0.1, -0.05) is 6.07 Å². The van der Waals surface area contributed by atoms with Crippen LogP contribution in [-0.2, 0) is 11.3 Å². The summed E-state index contributed by atoms with van der Waals surface area (Å²) < 4.78 is 5.68. The SMILES string of the molecule is CN1CCO[C@H](CNC(=O)N2CCN(Cc3cccs3)CC2)C1. The topological polar surface area (TPSA) is 48.1 Å². The highest BCUT2D eigenvalue weighted by molar-refractivity contribution is 7.09. The van der Waals surface area contributed by atoms with Crippen LogP contribution in [0.5, 0.6) is 0 Å². The molecule has 7 heteroatoms. The fraction of sp³-hybridized carbons (Fsp3) is 0.688.